The maximum Gasteiger partial charge on any atom is 0.416 e. The number of hydrogen-bond donors (Lipinski definition) is 3. The molecule has 0 bridgehead atoms. The fourth-order valence-electron chi connectivity index (χ4n) is 4.14. The molecule has 2 heterocycles. The number of pyridine rings is 1. The summed E-state index contributed by atoms with van der Waals surface area (Å²) < 4.78 is 59.4. The Kier molecular flexibility index (Phi) is 7.69. The first-order valence-corrected chi connectivity index (χ1v) is 12.4. The highest BCUT2D eigenvalue weighted by molar-refractivity contribution is 6.02. The highest BCUT2D eigenvalue weighted by Gasteiger charge is 2.31. The summed E-state index contributed by atoms with van der Waals surface area (Å²) in [6.07, 6.45) is -0.997. The van der Waals surface area contributed by atoms with Crippen LogP contribution < -0.4 is 21.1 Å². The Hall–Kier alpha value is -5.52. The van der Waals surface area contributed by atoms with E-state index in [1.807, 2.05) is 19.1 Å². The van der Waals surface area contributed by atoms with E-state index in [1.165, 1.54) is 24.5 Å². The highest BCUT2D eigenvalue weighted by atomic mass is 19.4. The fourth-order valence-corrected chi connectivity index (χ4v) is 4.14. The molecule has 212 valence electrons. The molecular formula is C30H22F4N6O2. The number of nitrogens with two attached hydrogens (primary N) is 1. The molecule has 3 aromatic carbocycles. The van der Waals surface area contributed by atoms with Crippen LogP contribution >= 0.6 is 0 Å². The zero-order chi connectivity index (χ0) is 29.9. The third-order valence-electron chi connectivity index (χ3n) is 6.18. The topological polar surface area (TPSA) is 115 Å². The number of ether oxygens (including phenoxy) is 1. The van der Waals surface area contributed by atoms with Gasteiger partial charge in [-0.2, -0.15) is 13.2 Å². The van der Waals surface area contributed by atoms with E-state index >= 15 is 0 Å². The first-order chi connectivity index (χ1) is 20.1. The van der Waals surface area contributed by atoms with Gasteiger partial charge in [0.25, 0.3) is 0 Å². The number of urea groups is 1. The van der Waals surface area contributed by atoms with Crippen LogP contribution in [-0.2, 0) is 6.18 Å². The number of aryl methyl sites for hydroxylation is 1. The molecule has 4 N–H and O–H groups in total. The number of amides is 2. The zero-order valence-electron chi connectivity index (χ0n) is 21.9. The van der Waals surface area contributed by atoms with Gasteiger partial charge in [0.2, 0.25) is 0 Å². The number of halogens is 4. The Bertz CT molecular complexity index is 1740. The molecule has 42 heavy (non-hydrogen) atoms. The fraction of sp³-hybridized carbons (Fsp3) is 0.0667. The van der Waals surface area contributed by atoms with Gasteiger partial charge in [0.05, 0.1) is 35.5 Å². The quantitative estimate of drug-likeness (QED) is 0.179. The van der Waals surface area contributed by atoms with Crippen molar-refractivity contribution in [2.75, 3.05) is 16.4 Å². The van der Waals surface area contributed by atoms with E-state index in [9.17, 15) is 22.4 Å². The van der Waals surface area contributed by atoms with Gasteiger partial charge in [-0.25, -0.2) is 24.1 Å². The third kappa shape index (κ3) is 6.44. The first kappa shape index (κ1) is 28.0. The van der Waals surface area contributed by atoms with Crippen molar-refractivity contribution in [2.24, 2.45) is 0 Å². The Labute approximate surface area is 237 Å². The van der Waals surface area contributed by atoms with Crippen LogP contribution in [0.25, 0.3) is 22.3 Å². The Balaban J connectivity index is 1.27. The first-order valence-electron chi connectivity index (χ1n) is 12.4. The van der Waals surface area contributed by atoms with Gasteiger partial charge in [-0.1, -0.05) is 42.5 Å². The van der Waals surface area contributed by atoms with Crippen molar-refractivity contribution in [2.45, 2.75) is 13.1 Å². The molecule has 0 spiro atoms. The number of nitrogens with zero attached hydrogens (tertiary/aromatic N) is 3. The second-order valence-electron chi connectivity index (χ2n) is 9.12. The van der Waals surface area contributed by atoms with Crippen molar-refractivity contribution in [3.05, 3.63) is 108 Å². The van der Waals surface area contributed by atoms with Gasteiger partial charge in [0, 0.05) is 11.1 Å². The molecule has 2 aromatic heterocycles. The van der Waals surface area contributed by atoms with Crippen molar-refractivity contribution in [1.82, 2.24) is 15.0 Å². The molecule has 0 atom stereocenters. The van der Waals surface area contributed by atoms with Crippen LogP contribution in [-0.4, -0.2) is 21.0 Å². The van der Waals surface area contributed by atoms with Gasteiger partial charge in [-0.15, -0.1) is 0 Å². The molecule has 5 aromatic rings. The Morgan fingerprint density at radius 3 is 2.24 bits per heavy atom. The number of nitrogen functional groups attached to an aromatic ring is 1. The van der Waals surface area contributed by atoms with E-state index in [1.54, 1.807) is 36.4 Å². The number of benzene rings is 3. The molecule has 0 unspecified atom stereocenters. The van der Waals surface area contributed by atoms with Crippen LogP contribution in [0, 0.1) is 12.7 Å². The number of anilines is 3. The van der Waals surface area contributed by atoms with Gasteiger partial charge >= 0.3 is 18.2 Å². The van der Waals surface area contributed by atoms with Crippen LogP contribution in [0.3, 0.4) is 0 Å². The van der Waals surface area contributed by atoms with Gasteiger partial charge in [-0.05, 0) is 53.9 Å². The van der Waals surface area contributed by atoms with E-state index in [0.29, 0.717) is 28.0 Å². The summed E-state index contributed by atoms with van der Waals surface area (Å²) in [5.74, 6) is 0.0465. The lowest BCUT2D eigenvalue weighted by atomic mass is 9.97. The maximum absolute atomic E-state index is 13.6. The SMILES string of the molecule is Cc1ccccc1-c1ccc(C(F)(F)F)cc1NC(=O)Nc1cnc(Oc2ccc(-c3cc(F)cnc3N)cc2)nc1. The molecule has 8 nitrogen and oxygen atoms in total. The third-order valence-corrected chi connectivity index (χ3v) is 6.18. The molecule has 0 fully saturated rings. The van der Waals surface area contributed by atoms with Crippen LogP contribution in [0.1, 0.15) is 11.1 Å². The molecule has 0 radical (unpaired) electrons. The zero-order valence-corrected chi connectivity index (χ0v) is 21.9. The Morgan fingerprint density at radius 1 is 0.833 bits per heavy atom. The van der Waals surface area contributed by atoms with Crippen LogP contribution in [0.2, 0.25) is 0 Å². The van der Waals surface area contributed by atoms with Crippen LogP contribution in [0.4, 0.5) is 39.5 Å². The molecule has 12 heteroatoms. The van der Waals surface area contributed by atoms with E-state index in [-0.39, 0.29) is 23.2 Å². The summed E-state index contributed by atoms with van der Waals surface area (Å²) >= 11 is 0. The number of alkyl halides is 3. The number of hydrogen-bond acceptors (Lipinski definition) is 6. The standard InChI is InChI=1S/C30H22F4N6O2/c1-17-4-2-3-5-23(17)24-11-8-19(30(32,33)34)12-26(24)40-28(41)39-21-15-37-29(38-16-21)42-22-9-6-18(7-10-22)25-13-20(31)14-36-27(25)35/h2-16H,1H3,(H2,35,36)(H2,39,40,41). The predicted octanol–water partition coefficient (Wildman–Crippen LogP) is 7.69. The lowest BCUT2D eigenvalue weighted by Crippen LogP contribution is -2.20. The average Bonchev–Trinajstić information content (AvgIpc) is 2.96. The van der Waals surface area contributed by atoms with E-state index in [0.717, 1.165) is 23.9 Å². The largest absolute Gasteiger partial charge is 0.424 e. The number of carbonyl (C=O) groups is 1. The lowest BCUT2D eigenvalue weighted by Gasteiger charge is -2.16. The number of rotatable bonds is 6. The Morgan fingerprint density at radius 2 is 1.55 bits per heavy atom. The second kappa shape index (κ2) is 11.5. The number of aromatic nitrogens is 3. The van der Waals surface area contributed by atoms with E-state index in [2.05, 4.69) is 25.6 Å². The van der Waals surface area contributed by atoms with Crippen LogP contribution in [0.15, 0.2) is 91.4 Å². The second-order valence-corrected chi connectivity index (χ2v) is 9.12. The normalized spacial score (nSPS) is 11.2. The van der Waals surface area contributed by atoms with Crippen molar-refractivity contribution in [1.29, 1.82) is 0 Å². The molecule has 2 amide bonds. The molecule has 0 saturated heterocycles. The van der Waals surface area contributed by atoms with Gasteiger partial charge in [0.1, 0.15) is 17.4 Å². The minimum absolute atomic E-state index is 0.0169. The van der Waals surface area contributed by atoms with Gasteiger partial charge < -0.3 is 21.1 Å². The van der Waals surface area contributed by atoms with Crippen molar-refractivity contribution >= 4 is 23.2 Å². The summed E-state index contributed by atoms with van der Waals surface area (Å²) in [4.78, 5) is 24.7. The van der Waals surface area contributed by atoms with Gasteiger partial charge in [0.15, 0.2) is 0 Å². The predicted molar refractivity (Wildman–Crippen MR) is 150 cm³/mol. The summed E-state index contributed by atoms with van der Waals surface area (Å²) in [6.45, 7) is 1.82. The molecule has 0 aliphatic rings. The lowest BCUT2D eigenvalue weighted by molar-refractivity contribution is -0.137. The summed E-state index contributed by atoms with van der Waals surface area (Å²) in [5, 5.41) is 5.01. The molecule has 0 saturated carbocycles. The average molecular weight is 575 g/mol. The smallest absolute Gasteiger partial charge is 0.416 e. The van der Waals surface area contributed by atoms with Crippen molar-refractivity contribution < 1.29 is 27.1 Å². The minimum atomic E-state index is -4.59. The summed E-state index contributed by atoms with van der Waals surface area (Å²) in [7, 11) is 0. The number of nitrogens with one attached hydrogen (secondary N) is 2. The highest BCUT2D eigenvalue weighted by Crippen LogP contribution is 2.37. The molecular weight excluding hydrogens is 552 g/mol. The maximum atomic E-state index is 13.6. The van der Waals surface area contributed by atoms with E-state index < -0.39 is 23.6 Å². The minimum Gasteiger partial charge on any atom is -0.424 e. The summed E-state index contributed by atoms with van der Waals surface area (Å²) in [5.41, 5.74) is 8.08. The molecule has 5 rings (SSSR count). The van der Waals surface area contributed by atoms with Gasteiger partial charge in [-0.3, -0.25) is 0 Å². The molecule has 0 aliphatic heterocycles. The van der Waals surface area contributed by atoms with Crippen molar-refractivity contribution in [3.8, 4) is 34.0 Å². The van der Waals surface area contributed by atoms with Crippen LogP contribution in [0.5, 0.6) is 11.8 Å². The molecule has 0 aliphatic carbocycles. The monoisotopic (exact) mass is 574 g/mol. The number of carbonyl (C=O) groups excluding carboxylic acids is 1. The van der Waals surface area contributed by atoms with Crippen molar-refractivity contribution in [3.63, 3.8) is 0 Å². The summed E-state index contributed by atoms with van der Waals surface area (Å²) in [6, 6.07) is 17.4. The van der Waals surface area contributed by atoms with E-state index in [4.69, 9.17) is 10.5 Å².